The van der Waals surface area contributed by atoms with Crippen LogP contribution >= 0.6 is 23.2 Å². The summed E-state index contributed by atoms with van der Waals surface area (Å²) in [5.74, 6) is 1.89. The number of nitrogens with one attached hydrogen (secondary N) is 1. The molecule has 0 bridgehead atoms. The molecule has 1 aliphatic heterocycles. The molecule has 1 aliphatic carbocycles. The number of ether oxygens (including phenoxy) is 2. The Labute approximate surface area is 195 Å². The van der Waals surface area contributed by atoms with Crippen molar-refractivity contribution in [2.75, 3.05) is 19.5 Å². The number of allylic oxidation sites excluding steroid dienone is 2. The molecule has 7 nitrogen and oxygen atoms in total. The number of methoxy groups -OCH3 is 2. The minimum atomic E-state index is -0.465. The number of hydrogen-bond acceptors (Lipinski definition) is 6. The lowest BCUT2D eigenvalue weighted by atomic mass is 9.78. The molecule has 32 heavy (non-hydrogen) atoms. The minimum Gasteiger partial charge on any atom is -0.493 e. The second-order valence-corrected chi connectivity index (χ2v) is 8.60. The molecule has 0 saturated carbocycles. The van der Waals surface area contributed by atoms with Crippen LogP contribution in [0.3, 0.4) is 0 Å². The van der Waals surface area contributed by atoms with E-state index in [1.807, 2.05) is 24.3 Å². The number of hydrogen-bond donors (Lipinski definition) is 1. The molecule has 2 aliphatic rings. The average molecular weight is 471 g/mol. The van der Waals surface area contributed by atoms with Crippen molar-refractivity contribution >= 4 is 34.9 Å². The van der Waals surface area contributed by atoms with Gasteiger partial charge in [0.1, 0.15) is 12.4 Å². The highest BCUT2D eigenvalue weighted by molar-refractivity contribution is 6.35. The number of carbonyl (C=O) groups is 1. The quantitative estimate of drug-likeness (QED) is 0.576. The van der Waals surface area contributed by atoms with Crippen molar-refractivity contribution < 1.29 is 14.3 Å². The predicted molar refractivity (Wildman–Crippen MR) is 122 cm³/mol. The first-order valence-corrected chi connectivity index (χ1v) is 10.9. The largest absolute Gasteiger partial charge is 0.493 e. The van der Waals surface area contributed by atoms with E-state index in [1.54, 1.807) is 31.0 Å². The SMILES string of the molecule is COc1ccc(C2CC(=O)C3=C(C2)Nc2ncnn2C3c2ccc(Cl)cc2Cl)cc1OC. The zero-order valence-electron chi connectivity index (χ0n) is 17.4. The molecular formula is C23H20Cl2N4O3. The summed E-state index contributed by atoms with van der Waals surface area (Å²) in [5, 5.41) is 8.68. The van der Waals surface area contributed by atoms with Crippen LogP contribution in [-0.4, -0.2) is 34.8 Å². The van der Waals surface area contributed by atoms with Crippen LogP contribution in [0.25, 0.3) is 0 Å². The Balaban J connectivity index is 1.57. The maximum Gasteiger partial charge on any atom is 0.226 e. The molecule has 0 amide bonds. The summed E-state index contributed by atoms with van der Waals surface area (Å²) < 4.78 is 12.5. The first kappa shape index (κ1) is 20.8. The summed E-state index contributed by atoms with van der Waals surface area (Å²) in [4.78, 5) is 17.8. The van der Waals surface area contributed by atoms with Gasteiger partial charge in [0.05, 0.1) is 14.2 Å². The Morgan fingerprint density at radius 3 is 2.62 bits per heavy atom. The van der Waals surface area contributed by atoms with Crippen molar-refractivity contribution in [3.05, 3.63) is 75.2 Å². The minimum absolute atomic E-state index is 0.00985. The monoisotopic (exact) mass is 470 g/mol. The van der Waals surface area contributed by atoms with Crippen LogP contribution < -0.4 is 14.8 Å². The fourth-order valence-electron chi connectivity index (χ4n) is 4.51. The molecule has 0 fully saturated rings. The number of ketones is 1. The third-order valence-electron chi connectivity index (χ3n) is 6.00. The predicted octanol–water partition coefficient (Wildman–Crippen LogP) is 5.02. The van der Waals surface area contributed by atoms with E-state index in [1.165, 1.54) is 6.33 Å². The van der Waals surface area contributed by atoms with Gasteiger partial charge in [-0.2, -0.15) is 10.1 Å². The van der Waals surface area contributed by atoms with Crippen LogP contribution in [0.15, 0.2) is 54.0 Å². The van der Waals surface area contributed by atoms with Gasteiger partial charge in [0.25, 0.3) is 0 Å². The zero-order valence-corrected chi connectivity index (χ0v) is 18.9. The van der Waals surface area contributed by atoms with Crippen molar-refractivity contribution in [3.63, 3.8) is 0 Å². The second-order valence-electron chi connectivity index (χ2n) is 7.76. The Bertz CT molecular complexity index is 1250. The van der Waals surface area contributed by atoms with Gasteiger partial charge in [-0.25, -0.2) is 4.68 Å². The number of benzene rings is 2. The molecule has 164 valence electrons. The zero-order chi connectivity index (χ0) is 22.4. The molecule has 1 N–H and O–H groups in total. The standard InChI is InChI=1S/C23H20Cl2N4O3/c1-31-19-6-3-12(9-20(19)32-2)13-7-17-21(18(30)8-13)22(29-23(28-17)26-11-27-29)15-5-4-14(24)10-16(15)25/h3-6,9-11,13,22H,7-8H2,1-2H3,(H,26,27,28). The van der Waals surface area contributed by atoms with Crippen LogP contribution in [0.4, 0.5) is 5.95 Å². The molecule has 2 aromatic carbocycles. The number of halogens is 2. The van der Waals surface area contributed by atoms with Crippen LogP contribution in [0, 0.1) is 0 Å². The van der Waals surface area contributed by atoms with E-state index < -0.39 is 6.04 Å². The number of anilines is 1. The molecular weight excluding hydrogens is 451 g/mol. The summed E-state index contributed by atoms with van der Waals surface area (Å²) in [6.07, 6.45) is 2.47. The molecule has 1 aromatic heterocycles. The number of carbonyl (C=O) groups excluding carboxylic acids is 1. The van der Waals surface area contributed by atoms with Crippen molar-refractivity contribution in [1.29, 1.82) is 0 Å². The molecule has 5 rings (SSSR count). The van der Waals surface area contributed by atoms with E-state index in [2.05, 4.69) is 15.4 Å². The van der Waals surface area contributed by atoms with Gasteiger partial charge >= 0.3 is 0 Å². The van der Waals surface area contributed by atoms with Crippen molar-refractivity contribution in [1.82, 2.24) is 14.8 Å². The number of fused-ring (bicyclic) bond motifs is 1. The number of aromatic nitrogens is 3. The van der Waals surface area contributed by atoms with E-state index >= 15 is 0 Å². The molecule has 2 heterocycles. The van der Waals surface area contributed by atoms with Crippen molar-refractivity contribution in [2.24, 2.45) is 0 Å². The summed E-state index contributed by atoms with van der Waals surface area (Å²) >= 11 is 12.6. The molecule has 9 heteroatoms. The lowest BCUT2D eigenvalue weighted by Crippen LogP contribution is -2.33. The number of nitrogens with zero attached hydrogens (tertiary/aromatic N) is 3. The summed E-state index contributed by atoms with van der Waals surface area (Å²) in [5.41, 5.74) is 3.26. The van der Waals surface area contributed by atoms with E-state index in [-0.39, 0.29) is 11.7 Å². The first-order chi connectivity index (χ1) is 15.5. The Hall–Kier alpha value is -3.03. The third kappa shape index (κ3) is 3.42. The lowest BCUT2D eigenvalue weighted by Gasteiger charge is -2.35. The number of rotatable bonds is 4. The summed E-state index contributed by atoms with van der Waals surface area (Å²) in [7, 11) is 3.20. The van der Waals surface area contributed by atoms with Gasteiger partial charge in [-0.1, -0.05) is 35.3 Å². The maximum atomic E-state index is 13.5. The van der Waals surface area contributed by atoms with E-state index in [0.29, 0.717) is 45.9 Å². The van der Waals surface area contributed by atoms with Gasteiger partial charge in [-0.05, 0) is 42.2 Å². The molecule has 0 radical (unpaired) electrons. The van der Waals surface area contributed by atoms with Crippen LogP contribution in [0.1, 0.15) is 35.9 Å². The summed E-state index contributed by atoms with van der Waals surface area (Å²) in [6.45, 7) is 0. The summed E-state index contributed by atoms with van der Waals surface area (Å²) in [6, 6.07) is 10.6. The first-order valence-electron chi connectivity index (χ1n) is 10.1. The lowest BCUT2D eigenvalue weighted by molar-refractivity contribution is -0.116. The smallest absolute Gasteiger partial charge is 0.226 e. The Kier molecular flexibility index (Phi) is 5.31. The van der Waals surface area contributed by atoms with Gasteiger partial charge in [0, 0.05) is 33.3 Å². The third-order valence-corrected chi connectivity index (χ3v) is 6.56. The fourth-order valence-corrected chi connectivity index (χ4v) is 5.02. The Morgan fingerprint density at radius 2 is 1.88 bits per heavy atom. The van der Waals surface area contributed by atoms with Gasteiger partial charge in [0.15, 0.2) is 17.3 Å². The van der Waals surface area contributed by atoms with E-state index in [0.717, 1.165) is 16.8 Å². The second kappa shape index (κ2) is 8.15. The molecule has 2 atom stereocenters. The highest BCUT2D eigenvalue weighted by Crippen LogP contribution is 2.46. The van der Waals surface area contributed by atoms with Crippen LogP contribution in [-0.2, 0) is 4.79 Å². The molecule has 2 unspecified atom stereocenters. The van der Waals surface area contributed by atoms with E-state index in [9.17, 15) is 4.79 Å². The van der Waals surface area contributed by atoms with Crippen LogP contribution in [0.2, 0.25) is 10.0 Å². The Morgan fingerprint density at radius 1 is 1.06 bits per heavy atom. The molecule has 3 aromatic rings. The highest BCUT2D eigenvalue weighted by atomic mass is 35.5. The molecule has 0 spiro atoms. The maximum absolute atomic E-state index is 13.5. The van der Waals surface area contributed by atoms with Gasteiger partial charge in [0.2, 0.25) is 5.95 Å². The molecule has 0 saturated heterocycles. The van der Waals surface area contributed by atoms with Crippen molar-refractivity contribution in [3.8, 4) is 11.5 Å². The fraction of sp³-hybridized carbons (Fsp3) is 0.261. The average Bonchev–Trinajstić information content (AvgIpc) is 3.25. The topological polar surface area (TPSA) is 78.3 Å². The van der Waals surface area contributed by atoms with Gasteiger partial charge in [-0.3, -0.25) is 4.79 Å². The normalized spacial score (nSPS) is 19.8. The van der Waals surface area contributed by atoms with Crippen molar-refractivity contribution in [2.45, 2.75) is 24.8 Å². The van der Waals surface area contributed by atoms with E-state index in [4.69, 9.17) is 32.7 Å². The van der Waals surface area contributed by atoms with Crippen LogP contribution in [0.5, 0.6) is 11.5 Å². The van der Waals surface area contributed by atoms with Gasteiger partial charge < -0.3 is 14.8 Å². The highest BCUT2D eigenvalue weighted by Gasteiger charge is 2.40. The number of Topliss-reactive ketones (excluding diaryl/α,β-unsaturated/α-hetero) is 1. The van der Waals surface area contributed by atoms with Gasteiger partial charge in [-0.15, -0.1) is 0 Å².